The molecule has 0 bridgehead atoms. The first-order valence-electron chi connectivity index (χ1n) is 6.75. The molecule has 4 nitrogen and oxygen atoms in total. The molecule has 1 saturated carbocycles. The number of amides is 1. The van der Waals surface area contributed by atoms with Gasteiger partial charge in [0, 0.05) is 0 Å². The Morgan fingerprint density at radius 3 is 2.58 bits per heavy atom. The first-order chi connectivity index (χ1) is 8.95. The van der Waals surface area contributed by atoms with E-state index in [0.29, 0.717) is 5.92 Å². The van der Waals surface area contributed by atoms with E-state index in [0.717, 1.165) is 24.2 Å². The van der Waals surface area contributed by atoms with Gasteiger partial charge in [0.1, 0.15) is 17.9 Å². The van der Waals surface area contributed by atoms with Crippen molar-refractivity contribution >= 4 is 5.91 Å². The summed E-state index contributed by atoms with van der Waals surface area (Å²) in [5.74, 6) is 0.834. The Bertz CT molecular complexity index is 469. The predicted molar refractivity (Wildman–Crippen MR) is 74.9 cm³/mol. The van der Waals surface area contributed by atoms with Crippen LogP contribution in [-0.2, 0) is 4.79 Å². The first kappa shape index (κ1) is 13.9. The third kappa shape index (κ3) is 2.89. The summed E-state index contributed by atoms with van der Waals surface area (Å²) >= 11 is 0. The smallest absolute Gasteiger partial charge is 0.241 e. The van der Waals surface area contributed by atoms with E-state index in [2.05, 4.69) is 13.8 Å². The maximum Gasteiger partial charge on any atom is 0.241 e. The van der Waals surface area contributed by atoms with Gasteiger partial charge in [0.2, 0.25) is 5.91 Å². The van der Waals surface area contributed by atoms with E-state index in [-0.39, 0.29) is 12.5 Å². The van der Waals surface area contributed by atoms with Crippen molar-refractivity contribution in [1.82, 2.24) is 0 Å². The summed E-state index contributed by atoms with van der Waals surface area (Å²) in [4.78, 5) is 11.6. The summed E-state index contributed by atoms with van der Waals surface area (Å²) in [6, 6.07) is 7.83. The molecule has 19 heavy (non-hydrogen) atoms. The maximum atomic E-state index is 11.6. The van der Waals surface area contributed by atoms with Crippen molar-refractivity contribution in [2.45, 2.75) is 38.1 Å². The van der Waals surface area contributed by atoms with Gasteiger partial charge in [-0.05, 0) is 36.3 Å². The fourth-order valence-electron chi connectivity index (χ4n) is 2.27. The van der Waals surface area contributed by atoms with E-state index in [1.807, 2.05) is 24.3 Å². The highest BCUT2D eigenvalue weighted by atomic mass is 16.5. The van der Waals surface area contributed by atoms with Gasteiger partial charge in [-0.15, -0.1) is 0 Å². The van der Waals surface area contributed by atoms with Crippen LogP contribution in [0.1, 0.15) is 38.2 Å². The second kappa shape index (κ2) is 5.21. The second-order valence-electron chi connectivity index (χ2n) is 5.66. The number of para-hydroxylation sites is 1. The molecule has 0 aromatic heterocycles. The Morgan fingerprint density at radius 2 is 2.05 bits per heavy atom. The molecule has 1 aliphatic carbocycles. The Morgan fingerprint density at radius 1 is 1.42 bits per heavy atom. The minimum absolute atomic E-state index is 0.150. The van der Waals surface area contributed by atoms with Crippen molar-refractivity contribution < 1.29 is 9.53 Å². The van der Waals surface area contributed by atoms with Crippen LogP contribution in [0, 0.1) is 5.92 Å². The van der Waals surface area contributed by atoms with Crippen LogP contribution in [0.4, 0.5) is 0 Å². The summed E-state index contributed by atoms with van der Waals surface area (Å²) in [5, 5.41) is 0. The minimum Gasteiger partial charge on any atom is -0.491 e. The highest BCUT2D eigenvalue weighted by Gasteiger charge is 2.47. The summed E-state index contributed by atoms with van der Waals surface area (Å²) < 4.78 is 5.80. The number of nitrogens with two attached hydrogens (primary N) is 2. The molecule has 4 heteroatoms. The van der Waals surface area contributed by atoms with Gasteiger partial charge in [-0.2, -0.15) is 0 Å². The van der Waals surface area contributed by atoms with E-state index in [1.54, 1.807) is 0 Å². The van der Waals surface area contributed by atoms with Gasteiger partial charge in [0.05, 0.1) is 0 Å². The lowest BCUT2D eigenvalue weighted by Gasteiger charge is -2.26. The van der Waals surface area contributed by atoms with Crippen LogP contribution in [0.5, 0.6) is 5.75 Å². The molecule has 104 valence electrons. The Hall–Kier alpha value is -1.55. The molecule has 0 spiro atoms. The summed E-state index contributed by atoms with van der Waals surface area (Å²) in [6.07, 6.45) is 1.91. The number of hydrogen-bond acceptors (Lipinski definition) is 3. The van der Waals surface area contributed by atoms with Gasteiger partial charge in [0.15, 0.2) is 0 Å². The van der Waals surface area contributed by atoms with E-state index in [4.69, 9.17) is 16.2 Å². The van der Waals surface area contributed by atoms with Gasteiger partial charge < -0.3 is 16.2 Å². The minimum atomic E-state index is -1.04. The molecule has 1 unspecified atom stereocenters. The van der Waals surface area contributed by atoms with Crippen LogP contribution < -0.4 is 16.2 Å². The highest BCUT2D eigenvalue weighted by Crippen LogP contribution is 2.39. The van der Waals surface area contributed by atoms with Crippen LogP contribution in [-0.4, -0.2) is 18.1 Å². The summed E-state index contributed by atoms with van der Waals surface area (Å²) in [7, 11) is 0. The normalized spacial score (nSPS) is 18.1. The largest absolute Gasteiger partial charge is 0.491 e. The number of carbonyl (C=O) groups is 1. The van der Waals surface area contributed by atoms with Crippen molar-refractivity contribution in [3.63, 3.8) is 0 Å². The van der Waals surface area contributed by atoms with Crippen molar-refractivity contribution in [2.24, 2.45) is 17.4 Å². The topological polar surface area (TPSA) is 78.3 Å². The maximum absolute atomic E-state index is 11.6. The van der Waals surface area contributed by atoms with Gasteiger partial charge in [-0.1, -0.05) is 32.0 Å². The van der Waals surface area contributed by atoms with Crippen LogP contribution in [0.15, 0.2) is 24.3 Å². The third-order valence-corrected chi connectivity index (χ3v) is 3.77. The predicted octanol–water partition coefficient (Wildman–Crippen LogP) is 1.78. The molecule has 1 aliphatic rings. The number of rotatable bonds is 6. The van der Waals surface area contributed by atoms with Crippen LogP contribution in [0.25, 0.3) is 0 Å². The van der Waals surface area contributed by atoms with Gasteiger partial charge in [0.25, 0.3) is 0 Å². The molecule has 2 rings (SSSR count). The number of primary amides is 1. The zero-order valence-corrected chi connectivity index (χ0v) is 11.6. The van der Waals surface area contributed by atoms with Crippen LogP contribution >= 0.6 is 0 Å². The average Bonchev–Trinajstić information content (AvgIpc) is 3.20. The lowest BCUT2D eigenvalue weighted by Crippen LogP contribution is -2.58. The second-order valence-corrected chi connectivity index (χ2v) is 5.66. The summed E-state index contributed by atoms with van der Waals surface area (Å²) in [5.41, 5.74) is 11.6. The Kier molecular flexibility index (Phi) is 3.80. The van der Waals surface area contributed by atoms with Crippen molar-refractivity contribution in [3.8, 4) is 5.75 Å². The molecule has 4 N–H and O–H groups in total. The van der Waals surface area contributed by atoms with E-state index in [1.165, 1.54) is 0 Å². The SMILES string of the molecule is CC(C)c1ccccc1OCC(N)(C(N)=O)C1CC1. The molecular weight excluding hydrogens is 240 g/mol. The summed E-state index contributed by atoms with van der Waals surface area (Å²) in [6.45, 7) is 4.36. The van der Waals surface area contributed by atoms with E-state index < -0.39 is 11.4 Å². The number of carbonyl (C=O) groups excluding carboxylic acids is 1. The third-order valence-electron chi connectivity index (χ3n) is 3.77. The fraction of sp³-hybridized carbons (Fsp3) is 0.533. The fourth-order valence-corrected chi connectivity index (χ4v) is 2.27. The van der Waals surface area contributed by atoms with Crippen LogP contribution in [0.3, 0.4) is 0 Å². The zero-order chi connectivity index (χ0) is 14.0. The lowest BCUT2D eigenvalue weighted by atomic mass is 9.94. The highest BCUT2D eigenvalue weighted by molar-refractivity contribution is 5.85. The number of ether oxygens (including phenoxy) is 1. The van der Waals surface area contributed by atoms with E-state index in [9.17, 15) is 4.79 Å². The molecule has 1 amide bonds. The zero-order valence-electron chi connectivity index (χ0n) is 11.6. The monoisotopic (exact) mass is 262 g/mol. The van der Waals surface area contributed by atoms with Gasteiger partial charge in [-0.3, -0.25) is 4.79 Å². The first-order valence-corrected chi connectivity index (χ1v) is 6.75. The average molecular weight is 262 g/mol. The quantitative estimate of drug-likeness (QED) is 0.820. The Labute approximate surface area is 114 Å². The van der Waals surface area contributed by atoms with Crippen molar-refractivity contribution in [1.29, 1.82) is 0 Å². The standard InChI is InChI=1S/C15H22N2O2/c1-10(2)12-5-3-4-6-13(12)19-9-15(17,14(16)18)11-7-8-11/h3-6,10-11H,7-9,17H2,1-2H3,(H2,16,18). The molecule has 1 aromatic rings. The van der Waals surface area contributed by atoms with Gasteiger partial charge >= 0.3 is 0 Å². The molecule has 1 fully saturated rings. The van der Waals surface area contributed by atoms with Crippen molar-refractivity contribution in [3.05, 3.63) is 29.8 Å². The number of benzene rings is 1. The van der Waals surface area contributed by atoms with Crippen molar-refractivity contribution in [2.75, 3.05) is 6.61 Å². The molecule has 0 saturated heterocycles. The Balaban J connectivity index is 2.11. The molecule has 1 atom stereocenters. The number of hydrogen-bond donors (Lipinski definition) is 2. The van der Waals surface area contributed by atoms with Crippen LogP contribution in [0.2, 0.25) is 0 Å². The molecular formula is C15H22N2O2. The molecule has 1 aromatic carbocycles. The van der Waals surface area contributed by atoms with Gasteiger partial charge in [-0.25, -0.2) is 0 Å². The van der Waals surface area contributed by atoms with E-state index >= 15 is 0 Å². The lowest BCUT2D eigenvalue weighted by molar-refractivity contribution is -0.125. The molecule has 0 radical (unpaired) electrons. The molecule has 0 heterocycles. The molecule has 0 aliphatic heterocycles.